The summed E-state index contributed by atoms with van der Waals surface area (Å²) in [4.78, 5) is 41.4. The summed E-state index contributed by atoms with van der Waals surface area (Å²) in [6.07, 6.45) is 5.04. The number of nitrogens with one attached hydrogen (secondary N) is 1. The smallest absolute Gasteiger partial charge is 0.273 e. The molecule has 5 N–H and O–H groups in total. The van der Waals surface area contributed by atoms with Gasteiger partial charge in [-0.2, -0.15) is 4.37 Å². The highest BCUT2D eigenvalue weighted by Gasteiger charge is 2.37. The third kappa shape index (κ3) is 5.96. The van der Waals surface area contributed by atoms with E-state index in [4.69, 9.17) is 16.2 Å². The Hall–Kier alpha value is -3.92. The van der Waals surface area contributed by atoms with Crippen LogP contribution in [0.1, 0.15) is 76.4 Å². The number of carbonyl (C=O) groups excluding carboxylic acids is 3. The summed E-state index contributed by atoms with van der Waals surface area (Å²) in [7, 11) is 0. The van der Waals surface area contributed by atoms with Gasteiger partial charge in [0.05, 0.1) is 12.3 Å². The molecule has 10 heteroatoms. The number of anilines is 2. The van der Waals surface area contributed by atoms with E-state index < -0.39 is 17.9 Å². The molecule has 1 aliphatic rings. The fraction of sp³-hybridized carbons (Fsp3) is 0.357. The summed E-state index contributed by atoms with van der Waals surface area (Å²) in [5.41, 5.74) is 13.4. The number of carbonyl (C=O) groups is 3. The first-order valence-electron chi connectivity index (χ1n) is 12.8. The van der Waals surface area contributed by atoms with Crippen molar-refractivity contribution in [2.45, 2.75) is 58.0 Å². The van der Waals surface area contributed by atoms with Gasteiger partial charge in [0.25, 0.3) is 11.8 Å². The Morgan fingerprint density at radius 3 is 2.32 bits per heavy atom. The molecule has 1 aromatic heterocycles. The van der Waals surface area contributed by atoms with Crippen molar-refractivity contribution >= 4 is 40.6 Å². The largest absolute Gasteiger partial charge is 0.494 e. The highest BCUT2D eigenvalue weighted by atomic mass is 32.1. The second-order valence-electron chi connectivity index (χ2n) is 9.40. The van der Waals surface area contributed by atoms with Gasteiger partial charge in [-0.3, -0.25) is 19.3 Å². The Morgan fingerprint density at radius 2 is 1.74 bits per heavy atom. The van der Waals surface area contributed by atoms with Gasteiger partial charge in [0.1, 0.15) is 16.7 Å². The fourth-order valence-corrected chi connectivity index (χ4v) is 5.43. The van der Waals surface area contributed by atoms with Crippen LogP contribution in [-0.2, 0) is 4.79 Å². The molecule has 0 spiro atoms. The molecule has 3 amide bonds. The lowest BCUT2D eigenvalue weighted by molar-refractivity contribution is -0.123. The monoisotopic (exact) mass is 535 g/mol. The highest BCUT2D eigenvalue weighted by molar-refractivity contribution is 7.09. The lowest BCUT2D eigenvalue weighted by Crippen LogP contribution is -2.47. The topological polar surface area (TPSA) is 141 Å². The molecule has 1 atom stereocenters. The van der Waals surface area contributed by atoms with Crippen molar-refractivity contribution in [1.82, 2.24) is 9.69 Å². The zero-order chi connectivity index (χ0) is 27.2. The SMILES string of the molecule is CCOc1ccc(N(C(=O)c2snc(C(N)=O)c2N)C(C(=O)NC2CCCCC2)c2ccc(C)cc2)cc1. The number of ether oxygens (including phenoxy) is 1. The van der Waals surface area contributed by atoms with Crippen molar-refractivity contribution in [1.29, 1.82) is 0 Å². The number of nitrogens with zero attached hydrogens (tertiary/aromatic N) is 2. The van der Waals surface area contributed by atoms with Crippen molar-refractivity contribution < 1.29 is 19.1 Å². The first-order valence-corrected chi connectivity index (χ1v) is 13.6. The number of benzene rings is 2. The standard InChI is InChI=1S/C28H33N5O4S/c1-3-37-21-15-13-20(14-16-21)33(28(36)25-22(29)23(26(30)34)32-38-25)24(18-11-9-17(2)10-12-18)27(35)31-19-7-5-4-6-8-19/h9-16,19,24H,3-8,29H2,1-2H3,(H2,30,34)(H,31,35). The van der Waals surface area contributed by atoms with Gasteiger partial charge in [-0.25, -0.2) is 0 Å². The van der Waals surface area contributed by atoms with Crippen molar-refractivity contribution in [2.24, 2.45) is 5.73 Å². The van der Waals surface area contributed by atoms with Crippen LogP contribution in [0.15, 0.2) is 48.5 Å². The second kappa shape index (κ2) is 12.1. The maximum absolute atomic E-state index is 14.1. The van der Waals surface area contributed by atoms with Crippen molar-refractivity contribution in [2.75, 3.05) is 17.2 Å². The molecular formula is C28H33N5O4S. The van der Waals surface area contributed by atoms with E-state index in [2.05, 4.69) is 9.69 Å². The van der Waals surface area contributed by atoms with Gasteiger partial charge in [0, 0.05) is 11.7 Å². The number of aryl methyl sites for hydroxylation is 1. The third-order valence-electron chi connectivity index (χ3n) is 6.65. The summed E-state index contributed by atoms with van der Waals surface area (Å²) >= 11 is 0.786. The van der Waals surface area contributed by atoms with Crippen LogP contribution in [0.25, 0.3) is 0 Å². The van der Waals surface area contributed by atoms with Crippen LogP contribution in [-0.4, -0.2) is 34.7 Å². The molecule has 3 aromatic rings. The summed E-state index contributed by atoms with van der Waals surface area (Å²) in [5, 5.41) is 3.18. The molecule has 1 aliphatic carbocycles. The number of amides is 3. The van der Waals surface area contributed by atoms with Gasteiger partial charge < -0.3 is 21.5 Å². The maximum Gasteiger partial charge on any atom is 0.273 e. The summed E-state index contributed by atoms with van der Waals surface area (Å²) < 4.78 is 9.59. The molecule has 9 nitrogen and oxygen atoms in total. The molecule has 0 saturated heterocycles. The Balaban J connectivity index is 1.82. The van der Waals surface area contributed by atoms with Gasteiger partial charge in [-0.15, -0.1) is 0 Å². The minimum atomic E-state index is -0.999. The van der Waals surface area contributed by atoms with E-state index in [-0.39, 0.29) is 28.2 Å². The fourth-order valence-electron chi connectivity index (χ4n) is 4.69. The van der Waals surface area contributed by atoms with Gasteiger partial charge >= 0.3 is 0 Å². The van der Waals surface area contributed by atoms with Crippen LogP contribution < -0.4 is 26.4 Å². The highest BCUT2D eigenvalue weighted by Crippen LogP contribution is 2.34. The molecule has 1 saturated carbocycles. The van der Waals surface area contributed by atoms with Gasteiger partial charge in [-0.1, -0.05) is 49.1 Å². The minimum absolute atomic E-state index is 0.0373. The van der Waals surface area contributed by atoms with Crippen LogP contribution in [0.4, 0.5) is 11.4 Å². The Kier molecular flexibility index (Phi) is 8.62. The summed E-state index contributed by atoms with van der Waals surface area (Å²) in [6.45, 7) is 4.33. The third-order valence-corrected chi connectivity index (χ3v) is 7.50. The van der Waals surface area contributed by atoms with E-state index in [1.807, 2.05) is 38.1 Å². The number of nitrogens with two attached hydrogens (primary N) is 2. The van der Waals surface area contributed by atoms with Crippen LogP contribution in [0.2, 0.25) is 0 Å². The van der Waals surface area contributed by atoms with Crippen molar-refractivity contribution in [3.63, 3.8) is 0 Å². The zero-order valence-corrected chi connectivity index (χ0v) is 22.4. The Morgan fingerprint density at radius 1 is 1.08 bits per heavy atom. The molecule has 0 radical (unpaired) electrons. The van der Waals surface area contributed by atoms with E-state index >= 15 is 0 Å². The van der Waals surface area contributed by atoms with E-state index in [1.165, 1.54) is 4.90 Å². The predicted octanol–water partition coefficient (Wildman–Crippen LogP) is 4.37. The van der Waals surface area contributed by atoms with Crippen molar-refractivity contribution in [3.05, 3.63) is 70.2 Å². The Bertz CT molecular complexity index is 1280. The van der Waals surface area contributed by atoms with E-state index in [1.54, 1.807) is 24.3 Å². The molecule has 38 heavy (non-hydrogen) atoms. The predicted molar refractivity (Wildman–Crippen MR) is 148 cm³/mol. The van der Waals surface area contributed by atoms with E-state index in [0.717, 1.165) is 49.2 Å². The number of nitrogen functional groups attached to an aromatic ring is 1. The normalized spacial score (nSPS) is 14.5. The van der Waals surface area contributed by atoms with Crippen LogP contribution >= 0.6 is 11.5 Å². The molecule has 2 aromatic carbocycles. The van der Waals surface area contributed by atoms with Crippen LogP contribution in [0.3, 0.4) is 0 Å². The Labute approximate surface area is 226 Å². The van der Waals surface area contributed by atoms with Gasteiger partial charge in [-0.05, 0) is 68.1 Å². The van der Waals surface area contributed by atoms with Gasteiger partial charge in [0.15, 0.2) is 5.69 Å². The van der Waals surface area contributed by atoms with Crippen LogP contribution in [0, 0.1) is 6.92 Å². The molecule has 1 heterocycles. The number of rotatable bonds is 9. The maximum atomic E-state index is 14.1. The molecule has 0 aliphatic heterocycles. The first-order chi connectivity index (χ1) is 18.3. The lowest BCUT2D eigenvalue weighted by atomic mass is 9.94. The quantitative estimate of drug-likeness (QED) is 0.372. The molecule has 1 fully saturated rings. The second-order valence-corrected chi connectivity index (χ2v) is 10.2. The average molecular weight is 536 g/mol. The van der Waals surface area contributed by atoms with Gasteiger partial charge in [0.2, 0.25) is 5.91 Å². The summed E-state index contributed by atoms with van der Waals surface area (Å²) in [5.74, 6) is -1.03. The first kappa shape index (κ1) is 27.1. The lowest BCUT2D eigenvalue weighted by Gasteiger charge is -2.33. The van der Waals surface area contributed by atoms with Crippen molar-refractivity contribution in [3.8, 4) is 5.75 Å². The zero-order valence-electron chi connectivity index (χ0n) is 21.6. The molecule has 1 unspecified atom stereocenters. The number of primary amides is 1. The molecule has 0 bridgehead atoms. The summed E-state index contributed by atoms with van der Waals surface area (Å²) in [6, 6.07) is 13.5. The van der Waals surface area contributed by atoms with E-state index in [0.29, 0.717) is 23.6 Å². The molecule has 4 rings (SSSR count). The van der Waals surface area contributed by atoms with E-state index in [9.17, 15) is 14.4 Å². The molecule has 200 valence electrons. The molecular weight excluding hydrogens is 502 g/mol. The number of aromatic nitrogens is 1. The van der Waals surface area contributed by atoms with Crippen LogP contribution in [0.5, 0.6) is 5.75 Å². The number of hydrogen-bond donors (Lipinski definition) is 3. The number of hydrogen-bond acceptors (Lipinski definition) is 7. The average Bonchev–Trinajstić information content (AvgIpc) is 3.30. The minimum Gasteiger partial charge on any atom is -0.494 e.